The quantitative estimate of drug-likeness (QED) is 0.759. The van der Waals surface area contributed by atoms with Crippen LogP contribution in [0.25, 0.3) is 0 Å². The smallest absolute Gasteiger partial charge is 0.326 e. The third-order valence-corrected chi connectivity index (χ3v) is 5.29. The van der Waals surface area contributed by atoms with E-state index >= 15 is 0 Å². The fourth-order valence-electron chi connectivity index (χ4n) is 2.72. The molecule has 0 radical (unpaired) electrons. The molecule has 1 saturated carbocycles. The minimum atomic E-state index is -3.96. The molecule has 1 aromatic carbocycles. The van der Waals surface area contributed by atoms with Crippen molar-refractivity contribution in [3.8, 4) is 5.75 Å². The van der Waals surface area contributed by atoms with Crippen molar-refractivity contribution < 1.29 is 27.9 Å². The van der Waals surface area contributed by atoms with Crippen molar-refractivity contribution in [2.45, 2.75) is 19.3 Å². The van der Waals surface area contributed by atoms with Gasteiger partial charge in [0.05, 0.1) is 18.2 Å². The van der Waals surface area contributed by atoms with Crippen LogP contribution in [0.15, 0.2) is 18.2 Å². The SMILES string of the molecule is CCOC(=O)[C@@H]1CC1c1ccc(N2CC(=O)NS2(=O)=O)c(O)c1. The van der Waals surface area contributed by atoms with Gasteiger partial charge in [-0.3, -0.25) is 9.59 Å². The number of nitrogens with zero attached hydrogens (tertiary/aromatic N) is 1. The van der Waals surface area contributed by atoms with Gasteiger partial charge in [-0.15, -0.1) is 0 Å². The molecule has 124 valence electrons. The van der Waals surface area contributed by atoms with Gasteiger partial charge in [0, 0.05) is 0 Å². The fraction of sp³-hybridized carbons (Fsp3) is 0.429. The highest BCUT2D eigenvalue weighted by molar-refractivity contribution is 7.92. The van der Waals surface area contributed by atoms with Gasteiger partial charge in [0.15, 0.2) is 0 Å². The average molecular weight is 340 g/mol. The van der Waals surface area contributed by atoms with Crippen LogP contribution in [-0.2, 0) is 24.5 Å². The lowest BCUT2D eigenvalue weighted by Gasteiger charge is -2.16. The Morgan fingerprint density at radius 2 is 2.22 bits per heavy atom. The summed E-state index contributed by atoms with van der Waals surface area (Å²) in [6.07, 6.45) is 0.639. The van der Waals surface area contributed by atoms with Crippen LogP contribution in [0, 0.1) is 5.92 Å². The van der Waals surface area contributed by atoms with Crippen LogP contribution >= 0.6 is 0 Å². The Morgan fingerprint density at radius 1 is 1.48 bits per heavy atom. The van der Waals surface area contributed by atoms with E-state index in [1.54, 1.807) is 13.0 Å². The number of hydrogen-bond donors (Lipinski definition) is 2. The standard InChI is InChI=1S/C14H16N2O6S/c1-2-22-14(19)10-6-9(10)8-3-4-11(12(17)5-8)16-7-13(18)15-23(16,20)21/h3-5,9-10,17H,2,6-7H2,1H3,(H,15,18)/t9?,10-/m1/s1. The van der Waals surface area contributed by atoms with E-state index in [-0.39, 0.29) is 35.8 Å². The number of rotatable bonds is 4. The normalized spacial score (nSPS) is 25.1. The zero-order valence-corrected chi connectivity index (χ0v) is 13.2. The number of phenols is 1. The van der Waals surface area contributed by atoms with Crippen molar-refractivity contribution in [3.63, 3.8) is 0 Å². The molecule has 2 N–H and O–H groups in total. The zero-order valence-electron chi connectivity index (χ0n) is 12.4. The maximum atomic E-state index is 11.8. The van der Waals surface area contributed by atoms with E-state index < -0.39 is 16.1 Å². The van der Waals surface area contributed by atoms with Crippen LogP contribution in [0.5, 0.6) is 5.75 Å². The van der Waals surface area contributed by atoms with Gasteiger partial charge in [0.2, 0.25) is 0 Å². The van der Waals surface area contributed by atoms with E-state index in [2.05, 4.69) is 0 Å². The monoisotopic (exact) mass is 340 g/mol. The van der Waals surface area contributed by atoms with E-state index in [0.717, 1.165) is 9.87 Å². The number of nitrogens with one attached hydrogen (secondary N) is 1. The number of ether oxygens (including phenoxy) is 1. The van der Waals surface area contributed by atoms with Crippen molar-refractivity contribution in [1.29, 1.82) is 0 Å². The van der Waals surface area contributed by atoms with E-state index in [0.29, 0.717) is 13.0 Å². The lowest BCUT2D eigenvalue weighted by Crippen LogP contribution is -2.29. The molecule has 2 aliphatic rings. The summed E-state index contributed by atoms with van der Waals surface area (Å²) in [4.78, 5) is 22.9. The molecule has 0 spiro atoms. The minimum Gasteiger partial charge on any atom is -0.506 e. The third-order valence-electron chi connectivity index (χ3n) is 3.90. The van der Waals surface area contributed by atoms with Gasteiger partial charge >= 0.3 is 16.2 Å². The summed E-state index contributed by atoms with van der Waals surface area (Å²) in [6.45, 7) is 1.69. The second-order valence-electron chi connectivity index (χ2n) is 5.49. The molecule has 2 fully saturated rings. The number of hydrogen-bond acceptors (Lipinski definition) is 6. The second-order valence-corrected chi connectivity index (χ2v) is 7.08. The lowest BCUT2D eigenvalue weighted by molar-refractivity contribution is -0.144. The number of aromatic hydroxyl groups is 1. The Kier molecular flexibility index (Phi) is 3.67. The number of anilines is 1. The second kappa shape index (κ2) is 5.41. The Hall–Kier alpha value is -2.29. The van der Waals surface area contributed by atoms with E-state index in [1.807, 2.05) is 4.72 Å². The predicted octanol–water partition coefficient (Wildman–Crippen LogP) is 0.240. The molecule has 0 bridgehead atoms. The molecular formula is C14H16N2O6S. The molecule has 0 aromatic heterocycles. The van der Waals surface area contributed by atoms with Gasteiger partial charge in [-0.2, -0.15) is 8.42 Å². The number of esters is 1. The summed E-state index contributed by atoms with van der Waals surface area (Å²) in [6, 6.07) is 4.51. The van der Waals surface area contributed by atoms with Gasteiger partial charge in [0.1, 0.15) is 12.3 Å². The Labute approximate surface area is 133 Å². The summed E-state index contributed by atoms with van der Waals surface area (Å²) in [7, 11) is -3.96. The summed E-state index contributed by atoms with van der Waals surface area (Å²) < 4.78 is 31.2. The Balaban J connectivity index is 1.80. The van der Waals surface area contributed by atoms with Gasteiger partial charge in [-0.25, -0.2) is 9.03 Å². The first-order valence-electron chi connectivity index (χ1n) is 7.16. The summed E-state index contributed by atoms with van der Waals surface area (Å²) in [5.74, 6) is -1.43. The van der Waals surface area contributed by atoms with Crippen LogP contribution < -0.4 is 9.03 Å². The summed E-state index contributed by atoms with van der Waals surface area (Å²) >= 11 is 0. The van der Waals surface area contributed by atoms with Gasteiger partial charge in [0.25, 0.3) is 5.91 Å². The number of amides is 1. The highest BCUT2D eigenvalue weighted by atomic mass is 32.2. The molecule has 23 heavy (non-hydrogen) atoms. The molecule has 1 saturated heterocycles. The molecule has 1 heterocycles. The number of carbonyl (C=O) groups excluding carboxylic acids is 2. The van der Waals surface area contributed by atoms with Gasteiger partial charge in [-0.05, 0) is 37.0 Å². The fourth-order valence-corrected chi connectivity index (χ4v) is 3.88. The van der Waals surface area contributed by atoms with Crippen molar-refractivity contribution >= 4 is 27.8 Å². The van der Waals surface area contributed by atoms with Crippen molar-refractivity contribution in [1.82, 2.24) is 4.72 Å². The first-order valence-corrected chi connectivity index (χ1v) is 8.60. The van der Waals surface area contributed by atoms with E-state index in [1.165, 1.54) is 12.1 Å². The van der Waals surface area contributed by atoms with Crippen LogP contribution in [0.3, 0.4) is 0 Å². The van der Waals surface area contributed by atoms with E-state index in [9.17, 15) is 23.1 Å². The molecule has 1 aliphatic heterocycles. The topological polar surface area (TPSA) is 113 Å². The highest BCUT2D eigenvalue weighted by Gasteiger charge is 2.45. The summed E-state index contributed by atoms with van der Waals surface area (Å²) in [5, 5.41) is 10.1. The van der Waals surface area contributed by atoms with Crippen LogP contribution in [0.1, 0.15) is 24.8 Å². The van der Waals surface area contributed by atoms with Crippen molar-refractivity contribution in [3.05, 3.63) is 23.8 Å². The number of carbonyl (C=O) groups is 2. The highest BCUT2D eigenvalue weighted by Crippen LogP contribution is 2.49. The molecule has 1 aliphatic carbocycles. The van der Waals surface area contributed by atoms with Crippen molar-refractivity contribution in [2.24, 2.45) is 5.92 Å². The largest absolute Gasteiger partial charge is 0.506 e. The predicted molar refractivity (Wildman–Crippen MR) is 80.0 cm³/mol. The molecule has 8 nitrogen and oxygen atoms in total. The maximum Gasteiger partial charge on any atom is 0.326 e. The molecule has 2 atom stereocenters. The first kappa shape index (κ1) is 15.6. The Morgan fingerprint density at radius 3 is 2.78 bits per heavy atom. The molecular weight excluding hydrogens is 324 g/mol. The van der Waals surface area contributed by atoms with Gasteiger partial charge < -0.3 is 9.84 Å². The van der Waals surface area contributed by atoms with Crippen LogP contribution in [0.2, 0.25) is 0 Å². The third kappa shape index (κ3) is 2.83. The van der Waals surface area contributed by atoms with Gasteiger partial charge in [-0.1, -0.05) is 6.07 Å². The minimum absolute atomic E-state index is 0.0282. The molecule has 9 heteroatoms. The first-order chi connectivity index (χ1) is 10.8. The lowest BCUT2D eigenvalue weighted by atomic mass is 10.1. The number of benzene rings is 1. The summed E-state index contributed by atoms with van der Waals surface area (Å²) in [5.41, 5.74) is 0.764. The number of phenolic OH excluding ortho intramolecular Hbond substituents is 1. The van der Waals surface area contributed by atoms with Crippen LogP contribution in [0.4, 0.5) is 5.69 Å². The molecule has 1 aromatic rings. The average Bonchev–Trinajstić information content (AvgIpc) is 3.20. The molecule has 1 unspecified atom stereocenters. The molecule has 3 rings (SSSR count). The van der Waals surface area contributed by atoms with E-state index in [4.69, 9.17) is 4.74 Å². The zero-order chi connectivity index (χ0) is 16.8. The van der Waals surface area contributed by atoms with Crippen molar-refractivity contribution in [2.75, 3.05) is 17.5 Å². The Bertz CT molecular complexity index is 775. The molecule has 1 amide bonds. The maximum absolute atomic E-state index is 11.8. The van der Waals surface area contributed by atoms with Crippen LogP contribution in [-0.4, -0.2) is 38.6 Å².